The molecule has 9 heteroatoms. The lowest BCUT2D eigenvalue weighted by Crippen LogP contribution is -2.50. The van der Waals surface area contributed by atoms with Crippen LogP contribution in [-0.4, -0.2) is 37.7 Å². The number of fused-ring (bicyclic) bond motifs is 1. The second-order valence-corrected chi connectivity index (χ2v) is 7.98. The Bertz CT molecular complexity index is 990. The van der Waals surface area contributed by atoms with E-state index in [1.807, 2.05) is 24.3 Å². The fourth-order valence-electron chi connectivity index (χ4n) is 3.16. The molecule has 0 aromatic heterocycles. The minimum atomic E-state index is -3.86. The van der Waals surface area contributed by atoms with Crippen molar-refractivity contribution in [1.82, 2.24) is 4.90 Å². The molecule has 0 aliphatic carbocycles. The molecular weight excluding hydrogens is 368 g/mol. The number of carbonyl (C=O) groups excluding carboxylic acids is 2. The molecule has 1 aliphatic heterocycles. The van der Waals surface area contributed by atoms with Crippen LogP contribution in [0.3, 0.4) is 0 Å². The van der Waals surface area contributed by atoms with E-state index in [1.54, 1.807) is 11.0 Å². The zero-order valence-electron chi connectivity index (χ0n) is 14.5. The monoisotopic (exact) mass is 388 g/mol. The van der Waals surface area contributed by atoms with Crippen molar-refractivity contribution in [3.05, 3.63) is 59.7 Å². The maximum absolute atomic E-state index is 12.4. The molecule has 1 unspecified atom stereocenters. The second-order valence-electron chi connectivity index (χ2n) is 6.42. The molecule has 1 atom stereocenters. The molecule has 142 valence electrons. The van der Waals surface area contributed by atoms with Crippen molar-refractivity contribution in [1.29, 1.82) is 0 Å². The van der Waals surface area contributed by atoms with Crippen molar-refractivity contribution in [2.75, 3.05) is 11.9 Å². The van der Waals surface area contributed by atoms with Crippen molar-refractivity contribution >= 4 is 27.5 Å². The summed E-state index contributed by atoms with van der Waals surface area (Å²) in [6, 6.07) is 12.8. The van der Waals surface area contributed by atoms with E-state index in [2.05, 4.69) is 5.32 Å². The summed E-state index contributed by atoms with van der Waals surface area (Å²) in [6.07, 6.45) is 0.444. The molecule has 2 aromatic carbocycles. The Morgan fingerprint density at radius 2 is 1.81 bits per heavy atom. The Morgan fingerprint density at radius 3 is 2.48 bits per heavy atom. The van der Waals surface area contributed by atoms with Crippen LogP contribution in [0.4, 0.5) is 5.69 Å². The van der Waals surface area contributed by atoms with E-state index >= 15 is 0 Å². The number of nitrogens with zero attached hydrogens (tertiary/aromatic N) is 1. The van der Waals surface area contributed by atoms with Crippen LogP contribution < -0.4 is 16.2 Å². The minimum absolute atomic E-state index is 0.0540. The van der Waals surface area contributed by atoms with Crippen LogP contribution >= 0.6 is 0 Å². The van der Waals surface area contributed by atoms with Crippen LogP contribution in [0.2, 0.25) is 0 Å². The third-order valence-electron chi connectivity index (χ3n) is 4.47. The Hall–Kier alpha value is -2.75. The third kappa shape index (κ3) is 4.51. The average molecular weight is 388 g/mol. The SMILES string of the molecule is NC(=O)C1Cc2ccccc2CN1CC(=O)Nc1cccc(S(N)(=O)=O)c1. The van der Waals surface area contributed by atoms with Gasteiger partial charge >= 0.3 is 0 Å². The fourth-order valence-corrected chi connectivity index (χ4v) is 3.72. The molecule has 0 saturated carbocycles. The highest BCUT2D eigenvalue weighted by molar-refractivity contribution is 7.89. The van der Waals surface area contributed by atoms with Gasteiger partial charge in [0.1, 0.15) is 0 Å². The minimum Gasteiger partial charge on any atom is -0.368 e. The number of sulfonamides is 1. The molecule has 5 N–H and O–H groups in total. The molecule has 1 aliphatic rings. The largest absolute Gasteiger partial charge is 0.368 e. The summed E-state index contributed by atoms with van der Waals surface area (Å²) < 4.78 is 22.9. The van der Waals surface area contributed by atoms with E-state index < -0.39 is 22.0 Å². The Kier molecular flexibility index (Phi) is 5.26. The number of hydrogen-bond donors (Lipinski definition) is 3. The molecule has 0 saturated heterocycles. The predicted molar refractivity (Wildman–Crippen MR) is 100.0 cm³/mol. The van der Waals surface area contributed by atoms with Gasteiger partial charge < -0.3 is 11.1 Å². The number of hydrogen-bond acceptors (Lipinski definition) is 5. The normalized spacial score (nSPS) is 17.1. The Balaban J connectivity index is 1.74. The van der Waals surface area contributed by atoms with Gasteiger partial charge in [0.25, 0.3) is 0 Å². The summed E-state index contributed by atoms with van der Waals surface area (Å²) in [5.74, 6) is -0.874. The average Bonchev–Trinajstić information content (AvgIpc) is 2.60. The topological polar surface area (TPSA) is 136 Å². The first-order chi connectivity index (χ1) is 12.7. The number of primary amides is 1. The summed E-state index contributed by atoms with van der Waals surface area (Å²) in [5.41, 5.74) is 7.90. The number of anilines is 1. The molecule has 3 rings (SSSR count). The van der Waals surface area contributed by atoms with Crippen LogP contribution in [0.25, 0.3) is 0 Å². The van der Waals surface area contributed by atoms with E-state index in [9.17, 15) is 18.0 Å². The standard InChI is InChI=1S/C18H20N4O4S/c19-18(24)16-8-12-4-1-2-5-13(12)10-22(16)11-17(23)21-14-6-3-7-15(9-14)27(20,25)26/h1-7,9,16H,8,10-11H2,(H2,19,24)(H,21,23)(H2,20,25,26). The first-order valence-corrected chi connectivity index (χ1v) is 9.81. The van der Waals surface area contributed by atoms with Crippen molar-refractivity contribution in [2.24, 2.45) is 10.9 Å². The van der Waals surface area contributed by atoms with Gasteiger partial charge in [-0.3, -0.25) is 14.5 Å². The van der Waals surface area contributed by atoms with E-state index in [4.69, 9.17) is 10.9 Å². The highest BCUT2D eigenvalue weighted by Gasteiger charge is 2.31. The number of amides is 2. The summed E-state index contributed by atoms with van der Waals surface area (Å²) >= 11 is 0. The van der Waals surface area contributed by atoms with E-state index in [1.165, 1.54) is 18.2 Å². The van der Waals surface area contributed by atoms with Gasteiger partial charge in [-0.25, -0.2) is 13.6 Å². The lowest BCUT2D eigenvalue weighted by atomic mass is 9.93. The van der Waals surface area contributed by atoms with Crippen molar-refractivity contribution < 1.29 is 18.0 Å². The van der Waals surface area contributed by atoms with Crippen LogP contribution in [-0.2, 0) is 32.6 Å². The van der Waals surface area contributed by atoms with Gasteiger partial charge in [-0.15, -0.1) is 0 Å². The fraction of sp³-hybridized carbons (Fsp3) is 0.222. The summed E-state index contributed by atoms with van der Waals surface area (Å²) in [5, 5.41) is 7.73. The zero-order chi connectivity index (χ0) is 19.6. The van der Waals surface area contributed by atoms with Crippen LogP contribution in [0.15, 0.2) is 53.4 Å². The maximum Gasteiger partial charge on any atom is 0.238 e. The van der Waals surface area contributed by atoms with Gasteiger partial charge in [0, 0.05) is 12.2 Å². The zero-order valence-corrected chi connectivity index (χ0v) is 15.3. The molecular formula is C18H20N4O4S. The van der Waals surface area contributed by atoms with Crippen molar-refractivity contribution in [2.45, 2.75) is 23.9 Å². The Labute approximate surface area is 157 Å². The quantitative estimate of drug-likeness (QED) is 0.672. The third-order valence-corrected chi connectivity index (χ3v) is 5.38. The highest BCUT2D eigenvalue weighted by Crippen LogP contribution is 2.23. The molecule has 0 bridgehead atoms. The molecule has 2 aromatic rings. The van der Waals surface area contributed by atoms with Gasteiger partial charge in [-0.2, -0.15) is 0 Å². The van der Waals surface area contributed by atoms with Gasteiger partial charge in [0.05, 0.1) is 17.5 Å². The van der Waals surface area contributed by atoms with Gasteiger partial charge in [0.15, 0.2) is 0 Å². The summed E-state index contributed by atoms with van der Waals surface area (Å²) in [4.78, 5) is 25.9. The maximum atomic E-state index is 12.4. The lowest BCUT2D eigenvalue weighted by molar-refractivity contribution is -0.125. The first kappa shape index (κ1) is 19.0. The summed E-state index contributed by atoms with van der Waals surface area (Å²) in [6.45, 7) is 0.371. The van der Waals surface area contributed by atoms with Crippen molar-refractivity contribution in [3.8, 4) is 0 Å². The molecule has 27 heavy (non-hydrogen) atoms. The lowest BCUT2D eigenvalue weighted by Gasteiger charge is -2.34. The molecule has 1 heterocycles. The summed E-state index contributed by atoms with van der Waals surface area (Å²) in [7, 11) is -3.86. The number of benzene rings is 2. The van der Waals surface area contributed by atoms with Crippen LogP contribution in [0.1, 0.15) is 11.1 Å². The Morgan fingerprint density at radius 1 is 1.11 bits per heavy atom. The molecule has 0 fully saturated rings. The number of rotatable bonds is 5. The van der Waals surface area contributed by atoms with Gasteiger partial charge in [-0.1, -0.05) is 30.3 Å². The number of nitrogens with two attached hydrogens (primary N) is 2. The van der Waals surface area contributed by atoms with E-state index in [0.717, 1.165) is 11.1 Å². The first-order valence-electron chi connectivity index (χ1n) is 8.27. The van der Waals surface area contributed by atoms with Crippen LogP contribution in [0.5, 0.6) is 0 Å². The molecule has 0 spiro atoms. The predicted octanol–water partition coefficient (Wildman–Crippen LogP) is 0.185. The molecule has 0 radical (unpaired) electrons. The number of nitrogens with one attached hydrogen (secondary N) is 1. The second kappa shape index (κ2) is 7.47. The number of carbonyl (C=O) groups is 2. The number of primary sulfonamides is 1. The molecule has 8 nitrogen and oxygen atoms in total. The van der Waals surface area contributed by atoms with E-state index in [-0.39, 0.29) is 17.3 Å². The smallest absolute Gasteiger partial charge is 0.238 e. The van der Waals surface area contributed by atoms with Gasteiger partial charge in [-0.05, 0) is 35.7 Å². The van der Waals surface area contributed by atoms with Crippen molar-refractivity contribution in [3.63, 3.8) is 0 Å². The van der Waals surface area contributed by atoms with Crippen LogP contribution in [0, 0.1) is 0 Å². The van der Waals surface area contributed by atoms with Gasteiger partial charge in [0.2, 0.25) is 21.8 Å². The highest BCUT2D eigenvalue weighted by atomic mass is 32.2. The molecule has 2 amide bonds. The van der Waals surface area contributed by atoms with E-state index in [0.29, 0.717) is 18.7 Å².